The second kappa shape index (κ2) is 8.42. The zero-order valence-corrected chi connectivity index (χ0v) is 18.4. The van der Waals surface area contributed by atoms with Gasteiger partial charge in [-0.25, -0.2) is 9.18 Å². The van der Waals surface area contributed by atoms with Crippen LogP contribution in [0.1, 0.15) is 31.5 Å². The Bertz CT molecular complexity index is 1290. The maximum atomic E-state index is 14.0. The normalized spacial score (nSPS) is 14.2. The van der Waals surface area contributed by atoms with E-state index in [1.165, 1.54) is 45.0 Å². The van der Waals surface area contributed by atoms with Gasteiger partial charge in [-0.05, 0) is 54.3 Å². The second-order valence-electron chi connectivity index (χ2n) is 8.31. The molecule has 0 aliphatic carbocycles. The van der Waals surface area contributed by atoms with Crippen molar-refractivity contribution in [3.63, 3.8) is 0 Å². The molecule has 1 unspecified atom stereocenters. The standard InChI is InChI=1S/C22H19ClF4N2O4/c1-11-15-9-13(5-6-14(15)18(30)33-29-11)28-19(31)21(32,22(25,26)27)10-20(2,3)16-8-12(24)4-7-17(16)23/h4-9,32H,10H2,1-3H3,(H,28,31). The van der Waals surface area contributed by atoms with Crippen molar-refractivity contribution in [3.8, 4) is 0 Å². The molecule has 0 radical (unpaired) electrons. The molecule has 0 saturated carbocycles. The van der Waals surface area contributed by atoms with Crippen LogP contribution in [0.4, 0.5) is 23.2 Å². The molecule has 0 saturated heterocycles. The first-order chi connectivity index (χ1) is 15.2. The summed E-state index contributed by atoms with van der Waals surface area (Å²) >= 11 is 6.05. The molecule has 0 spiro atoms. The maximum Gasteiger partial charge on any atom is 0.426 e. The highest BCUT2D eigenvalue weighted by atomic mass is 35.5. The second-order valence-corrected chi connectivity index (χ2v) is 8.72. The molecule has 0 aliphatic heterocycles. The van der Waals surface area contributed by atoms with E-state index in [4.69, 9.17) is 11.6 Å². The van der Waals surface area contributed by atoms with E-state index in [9.17, 15) is 32.3 Å². The molecule has 176 valence electrons. The van der Waals surface area contributed by atoms with Gasteiger partial charge in [0.05, 0.1) is 11.1 Å². The number of carbonyl (C=O) groups is 1. The number of hydrogen-bond acceptors (Lipinski definition) is 5. The molecule has 3 aromatic rings. The van der Waals surface area contributed by atoms with Crippen LogP contribution in [0, 0.1) is 12.7 Å². The molecule has 1 atom stereocenters. The Morgan fingerprint density at radius 1 is 1.15 bits per heavy atom. The Hall–Kier alpha value is -2.98. The lowest BCUT2D eigenvalue weighted by Crippen LogP contribution is -2.57. The molecule has 1 aromatic heterocycles. The molecule has 0 fully saturated rings. The van der Waals surface area contributed by atoms with E-state index in [1.54, 1.807) is 0 Å². The van der Waals surface area contributed by atoms with Crippen LogP contribution in [-0.4, -0.2) is 27.9 Å². The topological polar surface area (TPSA) is 92.4 Å². The quantitative estimate of drug-likeness (QED) is 0.501. The molecule has 11 heteroatoms. The Balaban J connectivity index is 1.99. The van der Waals surface area contributed by atoms with E-state index in [2.05, 4.69) is 15.0 Å². The number of hydrogen-bond donors (Lipinski definition) is 2. The number of carbonyl (C=O) groups excluding carboxylic acids is 1. The Morgan fingerprint density at radius 2 is 1.82 bits per heavy atom. The highest BCUT2D eigenvalue weighted by Crippen LogP contribution is 2.43. The zero-order chi connectivity index (χ0) is 24.8. The van der Waals surface area contributed by atoms with Crippen LogP contribution >= 0.6 is 11.6 Å². The van der Waals surface area contributed by atoms with Crippen LogP contribution in [0.5, 0.6) is 0 Å². The number of alkyl halides is 3. The first kappa shape index (κ1) is 24.7. The van der Waals surface area contributed by atoms with Crippen LogP contribution in [-0.2, 0) is 10.2 Å². The van der Waals surface area contributed by atoms with Gasteiger partial charge in [0.15, 0.2) is 0 Å². The summed E-state index contributed by atoms with van der Waals surface area (Å²) < 4.78 is 60.2. The molecule has 3 rings (SSSR count). The number of aromatic nitrogens is 1. The van der Waals surface area contributed by atoms with Crippen LogP contribution in [0.2, 0.25) is 5.02 Å². The van der Waals surface area contributed by atoms with Crippen molar-refractivity contribution in [2.45, 2.75) is 44.4 Å². The van der Waals surface area contributed by atoms with Crippen molar-refractivity contribution in [1.29, 1.82) is 0 Å². The third-order valence-electron chi connectivity index (χ3n) is 5.35. The van der Waals surface area contributed by atoms with Gasteiger partial charge in [0.25, 0.3) is 5.91 Å². The molecule has 1 amide bonds. The first-order valence-corrected chi connectivity index (χ1v) is 10.00. The van der Waals surface area contributed by atoms with E-state index in [-0.39, 0.29) is 32.7 Å². The molecular weight excluding hydrogens is 468 g/mol. The number of fused-ring (bicyclic) bond motifs is 1. The van der Waals surface area contributed by atoms with Crippen LogP contribution in [0.25, 0.3) is 10.8 Å². The van der Waals surface area contributed by atoms with E-state index in [0.29, 0.717) is 0 Å². The fourth-order valence-corrected chi connectivity index (χ4v) is 3.98. The van der Waals surface area contributed by atoms with Gasteiger partial charge < -0.3 is 14.9 Å². The number of benzene rings is 2. The average Bonchev–Trinajstić information content (AvgIpc) is 2.71. The third-order valence-corrected chi connectivity index (χ3v) is 5.68. The lowest BCUT2D eigenvalue weighted by molar-refractivity contribution is -0.254. The lowest BCUT2D eigenvalue weighted by atomic mass is 9.74. The van der Waals surface area contributed by atoms with Crippen molar-refractivity contribution in [1.82, 2.24) is 5.16 Å². The summed E-state index contributed by atoms with van der Waals surface area (Å²) in [6.45, 7) is 4.12. The minimum atomic E-state index is -5.37. The minimum absolute atomic E-state index is 0.00114. The zero-order valence-electron chi connectivity index (χ0n) is 17.7. The number of aryl methyl sites for hydroxylation is 1. The number of halogens is 5. The average molecular weight is 487 g/mol. The van der Waals surface area contributed by atoms with E-state index in [1.807, 2.05) is 0 Å². The first-order valence-electron chi connectivity index (χ1n) is 9.62. The lowest BCUT2D eigenvalue weighted by Gasteiger charge is -2.37. The summed E-state index contributed by atoms with van der Waals surface area (Å²) in [6, 6.07) is 6.89. The van der Waals surface area contributed by atoms with E-state index in [0.717, 1.165) is 12.1 Å². The van der Waals surface area contributed by atoms with Gasteiger partial charge in [-0.1, -0.05) is 30.6 Å². The summed E-state index contributed by atoms with van der Waals surface area (Å²) in [4.78, 5) is 24.5. The van der Waals surface area contributed by atoms with Gasteiger partial charge in [0, 0.05) is 22.5 Å². The molecule has 6 nitrogen and oxygen atoms in total. The fraction of sp³-hybridized carbons (Fsp3) is 0.318. The molecule has 0 aliphatic rings. The Kier molecular flexibility index (Phi) is 6.29. The summed E-state index contributed by atoms with van der Waals surface area (Å²) in [5, 5.41) is 16.6. The highest BCUT2D eigenvalue weighted by molar-refractivity contribution is 6.31. The summed E-state index contributed by atoms with van der Waals surface area (Å²) in [5.41, 5.74) is -5.98. The Morgan fingerprint density at radius 3 is 2.45 bits per heavy atom. The van der Waals surface area contributed by atoms with Crippen molar-refractivity contribution in [2.75, 3.05) is 5.32 Å². The highest BCUT2D eigenvalue weighted by Gasteiger charge is 2.61. The van der Waals surface area contributed by atoms with Crippen molar-refractivity contribution in [2.24, 2.45) is 0 Å². The summed E-state index contributed by atoms with van der Waals surface area (Å²) in [6.07, 6.45) is -6.51. The molecule has 2 N–H and O–H groups in total. The maximum absolute atomic E-state index is 14.0. The predicted octanol–water partition coefficient (Wildman–Crippen LogP) is 4.89. The fourth-order valence-electron chi connectivity index (χ4n) is 3.60. The van der Waals surface area contributed by atoms with Crippen LogP contribution in [0.3, 0.4) is 0 Å². The SMILES string of the molecule is Cc1noc(=O)c2ccc(NC(=O)C(O)(CC(C)(C)c3cc(F)ccc3Cl)C(F)(F)F)cc12. The number of amides is 1. The van der Waals surface area contributed by atoms with Gasteiger partial charge in [0.1, 0.15) is 5.82 Å². The van der Waals surface area contributed by atoms with Crippen LogP contribution < -0.4 is 10.9 Å². The largest absolute Gasteiger partial charge is 0.426 e. The molecular formula is C22H19ClF4N2O4. The van der Waals surface area contributed by atoms with E-state index >= 15 is 0 Å². The monoisotopic (exact) mass is 486 g/mol. The predicted molar refractivity (Wildman–Crippen MR) is 114 cm³/mol. The third kappa shape index (κ3) is 4.72. The molecule has 1 heterocycles. The van der Waals surface area contributed by atoms with Gasteiger partial charge in [-0.3, -0.25) is 4.79 Å². The number of aliphatic hydroxyl groups is 1. The van der Waals surface area contributed by atoms with Gasteiger partial charge in [-0.2, -0.15) is 13.2 Å². The molecule has 33 heavy (non-hydrogen) atoms. The summed E-state index contributed by atoms with van der Waals surface area (Å²) in [5.74, 6) is -2.48. The molecule has 0 bridgehead atoms. The van der Waals surface area contributed by atoms with E-state index < -0.39 is 41.0 Å². The van der Waals surface area contributed by atoms with Crippen molar-refractivity contribution in [3.05, 3.63) is 68.9 Å². The van der Waals surface area contributed by atoms with Gasteiger partial charge >= 0.3 is 11.8 Å². The number of rotatable bonds is 5. The Labute approximate surface area is 190 Å². The number of nitrogens with one attached hydrogen (secondary N) is 1. The van der Waals surface area contributed by atoms with Crippen molar-refractivity contribution >= 4 is 34.0 Å². The van der Waals surface area contributed by atoms with Gasteiger partial charge in [0.2, 0.25) is 5.60 Å². The number of nitrogens with zero attached hydrogens (tertiary/aromatic N) is 1. The number of anilines is 1. The minimum Gasteiger partial charge on any atom is -0.373 e. The van der Waals surface area contributed by atoms with Gasteiger partial charge in [-0.15, -0.1) is 0 Å². The smallest absolute Gasteiger partial charge is 0.373 e. The van der Waals surface area contributed by atoms with Crippen LogP contribution in [0.15, 0.2) is 45.7 Å². The molecule has 2 aromatic carbocycles. The summed E-state index contributed by atoms with van der Waals surface area (Å²) in [7, 11) is 0. The van der Waals surface area contributed by atoms with Crippen molar-refractivity contribution < 1.29 is 32.0 Å².